The maximum atomic E-state index is 12.3. The fraction of sp³-hybridized carbons (Fsp3) is 0.889. The lowest BCUT2D eigenvalue weighted by molar-refractivity contribution is -0.137. The van der Waals surface area contributed by atoms with Gasteiger partial charge in [0.05, 0.1) is 19.8 Å². The fourth-order valence-corrected chi connectivity index (χ4v) is 4.08. The third-order valence-corrected chi connectivity index (χ3v) is 5.56. The third-order valence-electron chi connectivity index (χ3n) is 5.56. The summed E-state index contributed by atoms with van der Waals surface area (Å²) in [5, 5.41) is 2.81. The van der Waals surface area contributed by atoms with Crippen molar-refractivity contribution in [1.82, 2.24) is 10.2 Å². The van der Waals surface area contributed by atoms with Crippen LogP contribution < -0.4 is 5.32 Å². The van der Waals surface area contributed by atoms with Gasteiger partial charge < -0.3 is 19.7 Å². The largest absolute Gasteiger partial charge is 0.350 e. The number of hydrogen-bond donors (Lipinski definition) is 1. The Bertz CT molecular complexity index is 423. The topological polar surface area (TPSA) is 67.9 Å². The summed E-state index contributed by atoms with van der Waals surface area (Å²) < 4.78 is 11.1. The molecule has 136 valence electrons. The predicted molar refractivity (Wildman–Crippen MR) is 89.2 cm³/mol. The van der Waals surface area contributed by atoms with Crippen molar-refractivity contribution in [1.29, 1.82) is 0 Å². The van der Waals surface area contributed by atoms with E-state index in [0.717, 1.165) is 38.8 Å². The summed E-state index contributed by atoms with van der Waals surface area (Å²) in [6, 6.07) is 0. The molecule has 0 spiro atoms. The van der Waals surface area contributed by atoms with Crippen LogP contribution in [0.5, 0.6) is 0 Å². The zero-order valence-corrected chi connectivity index (χ0v) is 14.5. The molecule has 2 saturated heterocycles. The molecule has 3 fully saturated rings. The number of amides is 2. The zero-order valence-electron chi connectivity index (χ0n) is 14.5. The van der Waals surface area contributed by atoms with E-state index in [9.17, 15) is 9.59 Å². The van der Waals surface area contributed by atoms with Gasteiger partial charge in [0, 0.05) is 25.4 Å². The molecule has 1 saturated carbocycles. The summed E-state index contributed by atoms with van der Waals surface area (Å²) in [7, 11) is 0. The predicted octanol–water partition coefficient (Wildman–Crippen LogP) is 1.68. The number of rotatable bonds is 5. The van der Waals surface area contributed by atoms with Gasteiger partial charge >= 0.3 is 0 Å². The maximum Gasteiger partial charge on any atom is 0.241 e. The highest BCUT2D eigenvalue weighted by Crippen LogP contribution is 2.27. The standard InChI is InChI=1S/C18H30N2O4/c21-16(12-14-4-2-1-3-5-14)19-13-17(22)20-8-6-15(7-9-20)18-23-10-11-24-18/h14-15,18H,1-13H2,(H,19,21). The second-order valence-electron chi connectivity index (χ2n) is 7.31. The van der Waals surface area contributed by atoms with E-state index in [1.165, 1.54) is 19.3 Å². The third kappa shape index (κ3) is 4.93. The van der Waals surface area contributed by atoms with Crippen LogP contribution in [0.15, 0.2) is 0 Å². The van der Waals surface area contributed by atoms with Crippen LogP contribution in [0.4, 0.5) is 0 Å². The normalized spacial score (nSPS) is 24.2. The molecule has 2 heterocycles. The molecule has 6 heteroatoms. The molecule has 0 aromatic heterocycles. The summed E-state index contributed by atoms with van der Waals surface area (Å²) in [5.74, 6) is 0.949. The van der Waals surface area contributed by atoms with Crippen molar-refractivity contribution in [3.8, 4) is 0 Å². The molecule has 6 nitrogen and oxygen atoms in total. The van der Waals surface area contributed by atoms with E-state index < -0.39 is 0 Å². The summed E-state index contributed by atoms with van der Waals surface area (Å²) in [5.41, 5.74) is 0. The molecular formula is C18H30N2O4. The lowest BCUT2D eigenvalue weighted by atomic mass is 9.87. The summed E-state index contributed by atoms with van der Waals surface area (Å²) in [6.45, 7) is 2.94. The minimum atomic E-state index is -0.0857. The van der Waals surface area contributed by atoms with E-state index in [1.807, 2.05) is 4.90 Å². The quantitative estimate of drug-likeness (QED) is 0.828. The van der Waals surface area contributed by atoms with E-state index in [-0.39, 0.29) is 24.6 Å². The fourth-order valence-electron chi connectivity index (χ4n) is 4.08. The first-order chi connectivity index (χ1) is 11.7. The van der Waals surface area contributed by atoms with Crippen molar-refractivity contribution in [2.24, 2.45) is 11.8 Å². The highest BCUT2D eigenvalue weighted by atomic mass is 16.7. The van der Waals surface area contributed by atoms with Crippen molar-refractivity contribution >= 4 is 11.8 Å². The Labute approximate surface area is 144 Å². The van der Waals surface area contributed by atoms with Crippen molar-refractivity contribution in [2.75, 3.05) is 32.8 Å². The Kier molecular flexibility index (Phi) is 6.49. The van der Waals surface area contributed by atoms with E-state index >= 15 is 0 Å². The number of nitrogens with zero attached hydrogens (tertiary/aromatic N) is 1. The molecule has 24 heavy (non-hydrogen) atoms. The first-order valence-corrected chi connectivity index (χ1v) is 9.50. The molecule has 0 bridgehead atoms. The van der Waals surface area contributed by atoms with Crippen LogP contribution in [0.1, 0.15) is 51.4 Å². The van der Waals surface area contributed by atoms with Gasteiger partial charge in [0.2, 0.25) is 11.8 Å². The van der Waals surface area contributed by atoms with Gasteiger partial charge in [0.15, 0.2) is 6.29 Å². The van der Waals surface area contributed by atoms with Gasteiger partial charge in [-0.25, -0.2) is 0 Å². The Morgan fingerprint density at radius 1 is 0.958 bits per heavy atom. The molecule has 3 aliphatic rings. The van der Waals surface area contributed by atoms with E-state index in [0.29, 0.717) is 31.5 Å². The smallest absolute Gasteiger partial charge is 0.241 e. The summed E-state index contributed by atoms with van der Waals surface area (Å²) >= 11 is 0. The van der Waals surface area contributed by atoms with E-state index in [2.05, 4.69) is 5.32 Å². The number of carbonyl (C=O) groups is 2. The minimum Gasteiger partial charge on any atom is -0.350 e. The van der Waals surface area contributed by atoms with E-state index in [1.54, 1.807) is 0 Å². The van der Waals surface area contributed by atoms with Gasteiger partial charge in [-0.15, -0.1) is 0 Å². The number of hydrogen-bond acceptors (Lipinski definition) is 4. The van der Waals surface area contributed by atoms with Crippen LogP contribution in [0.25, 0.3) is 0 Å². The molecule has 3 rings (SSSR count). The average Bonchev–Trinajstić information content (AvgIpc) is 3.15. The second-order valence-corrected chi connectivity index (χ2v) is 7.31. The van der Waals surface area contributed by atoms with Crippen LogP contribution in [-0.4, -0.2) is 55.9 Å². The van der Waals surface area contributed by atoms with Gasteiger partial charge in [-0.2, -0.15) is 0 Å². The van der Waals surface area contributed by atoms with Gasteiger partial charge in [0.25, 0.3) is 0 Å². The van der Waals surface area contributed by atoms with Crippen molar-refractivity contribution in [2.45, 2.75) is 57.7 Å². The monoisotopic (exact) mass is 338 g/mol. The first kappa shape index (κ1) is 17.7. The minimum absolute atomic E-state index is 0.0258. The van der Waals surface area contributed by atoms with Crippen LogP contribution in [0.3, 0.4) is 0 Å². The lowest BCUT2D eigenvalue weighted by Crippen LogP contribution is -2.45. The molecule has 0 radical (unpaired) electrons. The van der Waals surface area contributed by atoms with Crippen molar-refractivity contribution < 1.29 is 19.1 Å². The Hall–Kier alpha value is -1.14. The highest BCUT2D eigenvalue weighted by Gasteiger charge is 2.31. The first-order valence-electron chi connectivity index (χ1n) is 9.50. The molecule has 1 aliphatic carbocycles. The van der Waals surface area contributed by atoms with Crippen LogP contribution in [0.2, 0.25) is 0 Å². The highest BCUT2D eigenvalue weighted by molar-refractivity contribution is 5.84. The number of likely N-dealkylation sites (tertiary alicyclic amines) is 1. The van der Waals surface area contributed by atoms with Gasteiger partial charge in [-0.05, 0) is 31.6 Å². The molecule has 0 unspecified atom stereocenters. The van der Waals surface area contributed by atoms with Crippen molar-refractivity contribution in [3.63, 3.8) is 0 Å². The van der Waals surface area contributed by atoms with Crippen LogP contribution in [0, 0.1) is 11.8 Å². The molecule has 1 N–H and O–H groups in total. The van der Waals surface area contributed by atoms with E-state index in [4.69, 9.17) is 9.47 Å². The van der Waals surface area contributed by atoms with Gasteiger partial charge in [-0.1, -0.05) is 19.3 Å². The number of nitrogens with one attached hydrogen (secondary N) is 1. The molecular weight excluding hydrogens is 308 g/mol. The molecule has 2 amide bonds. The Balaban J connectivity index is 1.32. The summed E-state index contributed by atoms with van der Waals surface area (Å²) in [6.07, 6.45) is 8.38. The number of carbonyl (C=O) groups excluding carboxylic acids is 2. The zero-order chi connectivity index (χ0) is 16.8. The maximum absolute atomic E-state index is 12.3. The molecule has 0 aromatic rings. The van der Waals surface area contributed by atoms with Crippen LogP contribution >= 0.6 is 0 Å². The van der Waals surface area contributed by atoms with Gasteiger partial charge in [0.1, 0.15) is 0 Å². The molecule has 0 aromatic carbocycles. The Morgan fingerprint density at radius 2 is 1.62 bits per heavy atom. The molecule has 0 atom stereocenters. The second kappa shape index (κ2) is 8.81. The lowest BCUT2D eigenvalue weighted by Gasteiger charge is -2.34. The Morgan fingerprint density at radius 3 is 2.29 bits per heavy atom. The average molecular weight is 338 g/mol. The molecule has 2 aliphatic heterocycles. The SMILES string of the molecule is O=C(CC1CCCCC1)NCC(=O)N1CCC(C2OCCO2)CC1. The number of ether oxygens (including phenoxy) is 2. The number of piperidine rings is 1. The van der Waals surface area contributed by atoms with Crippen molar-refractivity contribution in [3.05, 3.63) is 0 Å². The van der Waals surface area contributed by atoms with Crippen LogP contribution in [-0.2, 0) is 19.1 Å². The summed E-state index contributed by atoms with van der Waals surface area (Å²) in [4.78, 5) is 26.1. The van der Waals surface area contributed by atoms with Gasteiger partial charge in [-0.3, -0.25) is 9.59 Å².